The fraction of sp³-hybridized carbons (Fsp3) is 0.167. The van der Waals surface area contributed by atoms with Crippen LogP contribution >= 0.6 is 22.9 Å². The molecule has 2 N–H and O–H groups in total. The monoisotopic (exact) mass is 237 g/mol. The van der Waals surface area contributed by atoms with Crippen molar-refractivity contribution in [1.82, 2.24) is 0 Å². The fourth-order valence-electron chi connectivity index (χ4n) is 1.55. The van der Waals surface area contributed by atoms with E-state index in [1.54, 1.807) is 11.3 Å². The van der Waals surface area contributed by atoms with Crippen LogP contribution in [0.25, 0.3) is 10.4 Å². The van der Waals surface area contributed by atoms with Gasteiger partial charge in [-0.2, -0.15) is 0 Å². The molecule has 1 heterocycles. The first-order chi connectivity index (χ1) is 7.20. The van der Waals surface area contributed by atoms with Crippen molar-refractivity contribution < 1.29 is 0 Å². The average Bonchev–Trinajstić information content (AvgIpc) is 2.64. The Balaban J connectivity index is 2.52. The summed E-state index contributed by atoms with van der Waals surface area (Å²) in [5.41, 5.74) is 8.01. The molecule has 0 aliphatic heterocycles. The maximum absolute atomic E-state index is 5.94. The molecule has 15 heavy (non-hydrogen) atoms. The zero-order valence-electron chi connectivity index (χ0n) is 8.46. The number of nitrogens with two attached hydrogens (primary N) is 1. The molecule has 1 aromatic heterocycles. The predicted molar refractivity (Wildman–Crippen MR) is 67.4 cm³/mol. The van der Waals surface area contributed by atoms with E-state index in [9.17, 15) is 0 Å². The van der Waals surface area contributed by atoms with E-state index in [1.165, 1.54) is 15.3 Å². The van der Waals surface area contributed by atoms with Crippen LogP contribution in [0.5, 0.6) is 0 Å². The molecule has 0 spiro atoms. The third-order valence-corrected chi connectivity index (χ3v) is 3.56. The van der Waals surface area contributed by atoms with E-state index in [4.69, 9.17) is 17.3 Å². The highest BCUT2D eigenvalue weighted by Crippen LogP contribution is 2.31. The summed E-state index contributed by atoms with van der Waals surface area (Å²) in [5.74, 6) is 0. The molecule has 0 aliphatic rings. The van der Waals surface area contributed by atoms with Crippen LogP contribution in [0.15, 0.2) is 30.3 Å². The predicted octanol–water partition coefficient (Wildman–Crippen LogP) is 3.84. The largest absolute Gasteiger partial charge is 0.326 e. The second-order valence-corrected chi connectivity index (χ2v) is 5.14. The van der Waals surface area contributed by atoms with Crippen molar-refractivity contribution in [1.29, 1.82) is 0 Å². The first kappa shape index (κ1) is 10.7. The van der Waals surface area contributed by atoms with Gasteiger partial charge in [0.15, 0.2) is 0 Å². The van der Waals surface area contributed by atoms with Crippen LogP contribution in [0.1, 0.15) is 10.4 Å². The van der Waals surface area contributed by atoms with Gasteiger partial charge >= 0.3 is 0 Å². The SMILES string of the molecule is Cc1ccc(-c2ccc(Cl)cc2CN)s1. The van der Waals surface area contributed by atoms with Crippen molar-refractivity contribution >= 4 is 22.9 Å². The van der Waals surface area contributed by atoms with Gasteiger partial charge in [-0.05, 0) is 42.3 Å². The normalized spacial score (nSPS) is 10.6. The van der Waals surface area contributed by atoms with Gasteiger partial charge in [-0.1, -0.05) is 17.7 Å². The molecule has 0 amide bonds. The standard InChI is InChI=1S/C12H12ClNS/c1-8-2-5-12(15-8)11-4-3-10(13)6-9(11)7-14/h2-6H,7,14H2,1H3. The van der Waals surface area contributed by atoms with Gasteiger partial charge in [0, 0.05) is 21.3 Å². The number of benzene rings is 1. The van der Waals surface area contributed by atoms with Gasteiger partial charge in [0.2, 0.25) is 0 Å². The van der Waals surface area contributed by atoms with Crippen LogP contribution < -0.4 is 5.73 Å². The summed E-state index contributed by atoms with van der Waals surface area (Å²) in [6, 6.07) is 10.1. The van der Waals surface area contributed by atoms with E-state index in [1.807, 2.05) is 18.2 Å². The van der Waals surface area contributed by atoms with Crippen LogP contribution in [0.3, 0.4) is 0 Å². The summed E-state index contributed by atoms with van der Waals surface area (Å²) in [6.07, 6.45) is 0. The molecule has 3 heteroatoms. The quantitative estimate of drug-likeness (QED) is 0.844. The topological polar surface area (TPSA) is 26.0 Å². The van der Waals surface area contributed by atoms with Crippen molar-refractivity contribution in [2.45, 2.75) is 13.5 Å². The number of thiophene rings is 1. The Bertz CT molecular complexity index is 476. The number of halogens is 1. The van der Waals surface area contributed by atoms with Gasteiger partial charge in [0.25, 0.3) is 0 Å². The Kier molecular flexibility index (Phi) is 3.10. The first-order valence-electron chi connectivity index (χ1n) is 4.76. The van der Waals surface area contributed by atoms with Crippen molar-refractivity contribution in [3.05, 3.63) is 45.8 Å². The molecule has 2 rings (SSSR count). The number of hydrogen-bond donors (Lipinski definition) is 1. The van der Waals surface area contributed by atoms with E-state index < -0.39 is 0 Å². The second-order valence-electron chi connectivity index (χ2n) is 3.42. The summed E-state index contributed by atoms with van der Waals surface area (Å²) >= 11 is 7.71. The summed E-state index contributed by atoms with van der Waals surface area (Å²) in [5, 5.41) is 0.743. The lowest BCUT2D eigenvalue weighted by Gasteiger charge is -2.05. The van der Waals surface area contributed by atoms with Gasteiger partial charge in [0.1, 0.15) is 0 Å². The van der Waals surface area contributed by atoms with Crippen LogP contribution in [0.4, 0.5) is 0 Å². The Morgan fingerprint density at radius 3 is 2.67 bits per heavy atom. The molecule has 1 nitrogen and oxygen atoms in total. The molecule has 0 unspecified atom stereocenters. The van der Waals surface area contributed by atoms with Crippen molar-refractivity contribution in [3.8, 4) is 10.4 Å². The minimum atomic E-state index is 0.521. The molecule has 0 fully saturated rings. The van der Waals surface area contributed by atoms with Crippen LogP contribution in [-0.2, 0) is 6.54 Å². The second kappa shape index (κ2) is 4.35. The minimum Gasteiger partial charge on any atom is -0.326 e. The fourth-order valence-corrected chi connectivity index (χ4v) is 2.67. The van der Waals surface area contributed by atoms with E-state index in [0.29, 0.717) is 6.54 Å². The van der Waals surface area contributed by atoms with Crippen molar-refractivity contribution in [2.24, 2.45) is 5.73 Å². The molecule has 0 radical (unpaired) electrons. The van der Waals surface area contributed by atoms with Gasteiger partial charge in [0.05, 0.1) is 0 Å². The van der Waals surface area contributed by atoms with Crippen LogP contribution in [-0.4, -0.2) is 0 Å². The van der Waals surface area contributed by atoms with E-state index in [0.717, 1.165) is 10.6 Å². The Morgan fingerprint density at radius 1 is 1.27 bits per heavy atom. The molecule has 0 aliphatic carbocycles. The zero-order chi connectivity index (χ0) is 10.8. The van der Waals surface area contributed by atoms with Gasteiger partial charge < -0.3 is 5.73 Å². The summed E-state index contributed by atoms with van der Waals surface area (Å²) in [4.78, 5) is 2.56. The molecular formula is C12H12ClNS. The van der Waals surface area contributed by atoms with Gasteiger partial charge in [-0.15, -0.1) is 11.3 Å². The highest BCUT2D eigenvalue weighted by molar-refractivity contribution is 7.15. The number of rotatable bonds is 2. The lowest BCUT2D eigenvalue weighted by atomic mass is 10.1. The van der Waals surface area contributed by atoms with E-state index in [2.05, 4.69) is 19.1 Å². The van der Waals surface area contributed by atoms with E-state index >= 15 is 0 Å². The summed E-state index contributed by atoms with van der Waals surface area (Å²) in [6.45, 7) is 2.62. The van der Waals surface area contributed by atoms with E-state index in [-0.39, 0.29) is 0 Å². The smallest absolute Gasteiger partial charge is 0.0409 e. The van der Waals surface area contributed by atoms with Crippen LogP contribution in [0, 0.1) is 6.92 Å². The molecule has 0 bridgehead atoms. The Morgan fingerprint density at radius 2 is 2.07 bits per heavy atom. The van der Waals surface area contributed by atoms with Gasteiger partial charge in [-0.25, -0.2) is 0 Å². The highest BCUT2D eigenvalue weighted by Gasteiger charge is 2.06. The zero-order valence-corrected chi connectivity index (χ0v) is 10.0. The molecule has 0 saturated heterocycles. The third kappa shape index (κ3) is 2.23. The number of hydrogen-bond acceptors (Lipinski definition) is 2. The third-order valence-electron chi connectivity index (χ3n) is 2.29. The Hall–Kier alpha value is -0.830. The maximum atomic E-state index is 5.94. The van der Waals surface area contributed by atoms with Crippen molar-refractivity contribution in [3.63, 3.8) is 0 Å². The number of aryl methyl sites for hydroxylation is 1. The van der Waals surface area contributed by atoms with Gasteiger partial charge in [-0.3, -0.25) is 0 Å². The molecule has 0 atom stereocenters. The summed E-state index contributed by atoms with van der Waals surface area (Å²) < 4.78 is 0. The molecule has 1 aromatic carbocycles. The lowest BCUT2D eigenvalue weighted by Crippen LogP contribution is -1.98. The summed E-state index contributed by atoms with van der Waals surface area (Å²) in [7, 11) is 0. The van der Waals surface area contributed by atoms with Crippen LogP contribution in [0.2, 0.25) is 5.02 Å². The molecular weight excluding hydrogens is 226 g/mol. The van der Waals surface area contributed by atoms with Crippen molar-refractivity contribution in [2.75, 3.05) is 0 Å². The Labute approximate surface area is 98.5 Å². The highest BCUT2D eigenvalue weighted by atomic mass is 35.5. The first-order valence-corrected chi connectivity index (χ1v) is 5.95. The maximum Gasteiger partial charge on any atom is 0.0409 e. The lowest BCUT2D eigenvalue weighted by molar-refractivity contribution is 1.08. The molecule has 0 saturated carbocycles. The molecule has 78 valence electrons. The molecule has 2 aromatic rings. The average molecular weight is 238 g/mol. The minimum absolute atomic E-state index is 0.521.